The molecule has 2 aliphatic rings. The van der Waals surface area contributed by atoms with Crippen molar-refractivity contribution < 1.29 is 19.4 Å². The first-order valence-electron chi connectivity index (χ1n) is 5.95. The minimum atomic E-state index is -0.839. The Balaban J connectivity index is 1.65. The monoisotopic (exact) mass is 229 g/mol. The summed E-state index contributed by atoms with van der Waals surface area (Å²) in [5, 5.41) is 12.2. The Hall–Kier alpha value is -0.650. The molecular formula is C11H19NO4. The highest BCUT2D eigenvalue weighted by Crippen LogP contribution is 2.19. The van der Waals surface area contributed by atoms with E-state index in [1.807, 2.05) is 0 Å². The van der Waals surface area contributed by atoms with Crippen molar-refractivity contribution in [3.63, 3.8) is 0 Å². The number of rotatable bonds is 4. The smallest absolute Gasteiger partial charge is 0.332 e. The Morgan fingerprint density at radius 3 is 2.62 bits per heavy atom. The third-order valence-electron chi connectivity index (χ3n) is 3.24. The van der Waals surface area contributed by atoms with E-state index >= 15 is 0 Å². The highest BCUT2D eigenvalue weighted by atomic mass is 16.5. The molecule has 2 fully saturated rings. The summed E-state index contributed by atoms with van der Waals surface area (Å²) in [5.41, 5.74) is 0. The van der Waals surface area contributed by atoms with Crippen molar-refractivity contribution in [1.82, 2.24) is 5.32 Å². The highest BCUT2D eigenvalue weighted by molar-refractivity contribution is 5.72. The van der Waals surface area contributed by atoms with Crippen molar-refractivity contribution in [2.24, 2.45) is 0 Å². The van der Waals surface area contributed by atoms with Crippen LogP contribution in [-0.2, 0) is 14.3 Å². The molecule has 0 saturated carbocycles. The fourth-order valence-electron chi connectivity index (χ4n) is 2.24. The molecule has 2 saturated heterocycles. The molecule has 5 nitrogen and oxygen atoms in total. The highest BCUT2D eigenvalue weighted by Gasteiger charge is 2.30. The van der Waals surface area contributed by atoms with E-state index in [0.717, 1.165) is 39.0 Å². The molecular weight excluding hydrogens is 210 g/mol. The van der Waals surface area contributed by atoms with E-state index in [0.29, 0.717) is 12.5 Å². The van der Waals surface area contributed by atoms with E-state index in [2.05, 4.69) is 5.32 Å². The summed E-state index contributed by atoms with van der Waals surface area (Å²) in [5.74, 6) is -0.839. The summed E-state index contributed by atoms with van der Waals surface area (Å²) < 4.78 is 10.7. The summed E-state index contributed by atoms with van der Waals surface area (Å²) in [6.45, 7) is 2.40. The van der Waals surface area contributed by atoms with Gasteiger partial charge in [-0.2, -0.15) is 0 Å². The fourth-order valence-corrected chi connectivity index (χ4v) is 2.24. The number of carboxylic acid groups (broad SMARTS) is 1. The predicted octanol–water partition coefficient (Wildman–Crippen LogP) is 0.387. The number of carbonyl (C=O) groups is 1. The summed E-state index contributed by atoms with van der Waals surface area (Å²) in [6, 6.07) is 0.501. The van der Waals surface area contributed by atoms with Crippen LogP contribution in [-0.4, -0.2) is 49.1 Å². The molecule has 5 heteroatoms. The van der Waals surface area contributed by atoms with Gasteiger partial charge in [0.1, 0.15) is 0 Å². The van der Waals surface area contributed by atoms with Crippen LogP contribution < -0.4 is 5.32 Å². The second kappa shape index (κ2) is 5.61. The van der Waals surface area contributed by atoms with Crippen molar-refractivity contribution in [2.75, 3.05) is 19.8 Å². The van der Waals surface area contributed by atoms with Gasteiger partial charge in [0.15, 0.2) is 6.10 Å². The Labute approximate surface area is 95.1 Å². The van der Waals surface area contributed by atoms with E-state index in [4.69, 9.17) is 14.6 Å². The van der Waals surface area contributed by atoms with Gasteiger partial charge in [-0.1, -0.05) is 0 Å². The third kappa shape index (κ3) is 3.17. The molecule has 2 N–H and O–H groups in total. The normalized spacial score (nSPS) is 31.8. The minimum Gasteiger partial charge on any atom is -0.479 e. The van der Waals surface area contributed by atoms with Crippen LogP contribution in [0.4, 0.5) is 0 Å². The Morgan fingerprint density at radius 2 is 2.00 bits per heavy atom. The number of carboxylic acids is 1. The molecule has 0 amide bonds. The SMILES string of the molecule is O=C(O)C1CCC(CNC2CCOCC2)O1. The quantitative estimate of drug-likeness (QED) is 0.729. The number of hydrogen-bond donors (Lipinski definition) is 2. The molecule has 0 radical (unpaired) electrons. The maximum atomic E-state index is 10.7. The number of aliphatic carboxylic acids is 1. The van der Waals surface area contributed by atoms with Gasteiger partial charge in [-0.25, -0.2) is 4.79 Å². The Morgan fingerprint density at radius 1 is 1.25 bits per heavy atom. The zero-order valence-electron chi connectivity index (χ0n) is 9.35. The maximum Gasteiger partial charge on any atom is 0.332 e. The fraction of sp³-hybridized carbons (Fsp3) is 0.909. The van der Waals surface area contributed by atoms with Crippen molar-refractivity contribution in [3.8, 4) is 0 Å². The van der Waals surface area contributed by atoms with Crippen LogP contribution in [0.1, 0.15) is 25.7 Å². The van der Waals surface area contributed by atoms with Gasteiger partial charge in [0, 0.05) is 25.8 Å². The lowest BCUT2D eigenvalue weighted by atomic mass is 10.1. The first kappa shape index (κ1) is 11.8. The second-order valence-corrected chi connectivity index (χ2v) is 4.46. The molecule has 0 aromatic rings. The molecule has 2 rings (SSSR count). The van der Waals surface area contributed by atoms with Crippen molar-refractivity contribution in [1.29, 1.82) is 0 Å². The average Bonchev–Trinajstić information content (AvgIpc) is 2.76. The van der Waals surface area contributed by atoms with Crippen LogP contribution in [0.2, 0.25) is 0 Å². The lowest BCUT2D eigenvalue weighted by molar-refractivity contribution is -0.149. The molecule has 0 bridgehead atoms. The average molecular weight is 229 g/mol. The molecule has 0 spiro atoms. The number of nitrogens with one attached hydrogen (secondary N) is 1. The van der Waals surface area contributed by atoms with Crippen LogP contribution in [0.15, 0.2) is 0 Å². The predicted molar refractivity (Wildman–Crippen MR) is 57.4 cm³/mol. The van der Waals surface area contributed by atoms with E-state index < -0.39 is 12.1 Å². The lowest BCUT2D eigenvalue weighted by Gasteiger charge is -2.24. The van der Waals surface area contributed by atoms with Gasteiger partial charge in [0.2, 0.25) is 0 Å². The van der Waals surface area contributed by atoms with Crippen molar-refractivity contribution in [2.45, 2.75) is 43.9 Å². The molecule has 16 heavy (non-hydrogen) atoms. The molecule has 2 atom stereocenters. The van der Waals surface area contributed by atoms with Crippen LogP contribution >= 0.6 is 0 Å². The van der Waals surface area contributed by atoms with Crippen molar-refractivity contribution >= 4 is 5.97 Å². The first-order valence-corrected chi connectivity index (χ1v) is 5.95. The zero-order chi connectivity index (χ0) is 11.4. The van der Waals surface area contributed by atoms with Gasteiger partial charge in [0.25, 0.3) is 0 Å². The van der Waals surface area contributed by atoms with Gasteiger partial charge in [-0.05, 0) is 25.7 Å². The third-order valence-corrected chi connectivity index (χ3v) is 3.24. The molecule has 2 aliphatic heterocycles. The summed E-state index contributed by atoms with van der Waals surface area (Å²) in [7, 11) is 0. The number of hydrogen-bond acceptors (Lipinski definition) is 4. The molecule has 2 heterocycles. The summed E-state index contributed by atoms with van der Waals surface area (Å²) >= 11 is 0. The maximum absolute atomic E-state index is 10.7. The van der Waals surface area contributed by atoms with Crippen LogP contribution in [0.5, 0.6) is 0 Å². The largest absolute Gasteiger partial charge is 0.479 e. The van der Waals surface area contributed by atoms with Crippen molar-refractivity contribution in [3.05, 3.63) is 0 Å². The summed E-state index contributed by atoms with van der Waals surface area (Å²) in [4.78, 5) is 10.7. The zero-order valence-corrected chi connectivity index (χ0v) is 9.35. The second-order valence-electron chi connectivity index (χ2n) is 4.46. The van der Waals surface area contributed by atoms with Gasteiger partial charge < -0.3 is 19.9 Å². The minimum absolute atomic E-state index is 0.0592. The number of ether oxygens (including phenoxy) is 2. The van der Waals surface area contributed by atoms with E-state index in [-0.39, 0.29) is 6.10 Å². The van der Waals surface area contributed by atoms with Gasteiger partial charge in [-0.3, -0.25) is 0 Å². The molecule has 92 valence electrons. The van der Waals surface area contributed by atoms with E-state index in [1.165, 1.54) is 0 Å². The van der Waals surface area contributed by atoms with Gasteiger partial charge in [-0.15, -0.1) is 0 Å². The van der Waals surface area contributed by atoms with Gasteiger partial charge >= 0.3 is 5.97 Å². The lowest BCUT2D eigenvalue weighted by Crippen LogP contribution is -2.39. The topological polar surface area (TPSA) is 67.8 Å². The molecule has 0 aromatic carbocycles. The van der Waals surface area contributed by atoms with E-state index in [1.54, 1.807) is 0 Å². The standard InChI is InChI=1S/C11H19NO4/c13-11(14)10-2-1-9(16-10)7-12-8-3-5-15-6-4-8/h8-10,12H,1-7H2,(H,13,14). The summed E-state index contributed by atoms with van der Waals surface area (Å²) in [6.07, 6.45) is 3.01. The molecule has 0 aromatic heterocycles. The van der Waals surface area contributed by atoms with Crippen LogP contribution in [0, 0.1) is 0 Å². The molecule has 0 aliphatic carbocycles. The van der Waals surface area contributed by atoms with Crippen LogP contribution in [0.25, 0.3) is 0 Å². The molecule has 2 unspecified atom stereocenters. The van der Waals surface area contributed by atoms with E-state index in [9.17, 15) is 4.79 Å². The van der Waals surface area contributed by atoms with Gasteiger partial charge in [0.05, 0.1) is 6.10 Å². The Kier molecular flexibility index (Phi) is 4.15. The Bertz CT molecular complexity index is 240. The first-order chi connectivity index (χ1) is 7.75. The van der Waals surface area contributed by atoms with Crippen LogP contribution in [0.3, 0.4) is 0 Å².